The zero-order chi connectivity index (χ0) is 9.84. The average Bonchev–Trinajstić information content (AvgIpc) is 2.30. The first-order valence-electron chi connectivity index (χ1n) is 4.18. The molecule has 0 saturated carbocycles. The van der Waals surface area contributed by atoms with E-state index in [1.807, 2.05) is 14.0 Å². The molecule has 0 amide bonds. The van der Waals surface area contributed by atoms with E-state index in [0.717, 1.165) is 0 Å². The number of hydrogen-bond donors (Lipinski definition) is 2. The molecule has 0 bridgehead atoms. The molecule has 3 N–H and O–H groups in total. The van der Waals surface area contributed by atoms with Crippen molar-refractivity contribution in [3.05, 3.63) is 6.20 Å². The number of rotatable bonds is 4. The summed E-state index contributed by atoms with van der Waals surface area (Å²) in [4.78, 5) is 0. The molecule has 0 aliphatic carbocycles. The second-order valence-corrected chi connectivity index (χ2v) is 3.11. The maximum atomic E-state index is 5.70. The lowest BCUT2D eigenvalue weighted by atomic mass is 10.3. The van der Waals surface area contributed by atoms with Gasteiger partial charge in [0.25, 0.3) is 0 Å². The zero-order valence-corrected chi connectivity index (χ0v) is 8.24. The van der Waals surface area contributed by atoms with Crippen molar-refractivity contribution in [2.75, 3.05) is 24.8 Å². The molecule has 1 unspecified atom stereocenters. The highest BCUT2D eigenvalue weighted by Gasteiger charge is 2.07. The van der Waals surface area contributed by atoms with Gasteiger partial charge in [0.1, 0.15) is 0 Å². The third-order valence-electron chi connectivity index (χ3n) is 1.66. The molecule has 0 saturated heterocycles. The molecule has 0 fully saturated rings. The normalized spacial score (nSPS) is 12.8. The Balaban J connectivity index is 2.57. The van der Waals surface area contributed by atoms with Gasteiger partial charge in [-0.3, -0.25) is 4.68 Å². The first-order chi connectivity index (χ1) is 6.13. The number of aromatic nitrogens is 2. The van der Waals surface area contributed by atoms with Crippen LogP contribution in [0.15, 0.2) is 6.20 Å². The summed E-state index contributed by atoms with van der Waals surface area (Å²) in [7, 11) is 3.50. The van der Waals surface area contributed by atoms with Crippen molar-refractivity contribution in [3.8, 4) is 0 Å². The van der Waals surface area contributed by atoms with E-state index in [1.54, 1.807) is 18.0 Å². The molecular weight excluding hydrogens is 168 g/mol. The summed E-state index contributed by atoms with van der Waals surface area (Å²) in [5.41, 5.74) is 6.36. The molecule has 13 heavy (non-hydrogen) atoms. The van der Waals surface area contributed by atoms with Crippen molar-refractivity contribution >= 4 is 11.5 Å². The van der Waals surface area contributed by atoms with Crippen LogP contribution in [0.1, 0.15) is 6.92 Å². The topological polar surface area (TPSA) is 65.1 Å². The first-order valence-corrected chi connectivity index (χ1v) is 4.18. The fourth-order valence-electron chi connectivity index (χ4n) is 1.14. The van der Waals surface area contributed by atoms with Crippen LogP contribution in [0, 0.1) is 0 Å². The molecule has 5 nitrogen and oxygen atoms in total. The third kappa shape index (κ3) is 2.62. The lowest BCUT2D eigenvalue weighted by Gasteiger charge is -2.11. The summed E-state index contributed by atoms with van der Waals surface area (Å²) in [6, 6.07) is 0.210. The standard InChI is InChI=1S/C8H16N4O/c1-6(5-13-3)10-8-7(9)4-12(2)11-8/h4,6H,5,9H2,1-3H3,(H,10,11). The van der Waals surface area contributed by atoms with E-state index in [-0.39, 0.29) is 6.04 Å². The molecule has 0 aliphatic rings. The van der Waals surface area contributed by atoms with Gasteiger partial charge < -0.3 is 15.8 Å². The van der Waals surface area contributed by atoms with E-state index in [2.05, 4.69) is 10.4 Å². The van der Waals surface area contributed by atoms with Crippen LogP contribution in [-0.2, 0) is 11.8 Å². The Hall–Kier alpha value is -1.23. The quantitative estimate of drug-likeness (QED) is 0.713. The molecule has 1 rings (SSSR count). The van der Waals surface area contributed by atoms with Crippen molar-refractivity contribution in [2.45, 2.75) is 13.0 Å². The molecule has 0 radical (unpaired) electrons. The second kappa shape index (κ2) is 4.13. The van der Waals surface area contributed by atoms with Gasteiger partial charge in [0.05, 0.1) is 12.3 Å². The Morgan fingerprint density at radius 3 is 2.92 bits per heavy atom. The van der Waals surface area contributed by atoms with Gasteiger partial charge >= 0.3 is 0 Å². The van der Waals surface area contributed by atoms with Crippen LogP contribution in [0.25, 0.3) is 0 Å². The molecule has 1 heterocycles. The molecule has 1 aromatic rings. The van der Waals surface area contributed by atoms with E-state index in [1.165, 1.54) is 0 Å². The highest BCUT2D eigenvalue weighted by molar-refractivity contribution is 5.60. The van der Waals surface area contributed by atoms with Gasteiger partial charge in [0.15, 0.2) is 5.82 Å². The third-order valence-corrected chi connectivity index (χ3v) is 1.66. The zero-order valence-electron chi connectivity index (χ0n) is 8.24. The van der Waals surface area contributed by atoms with Gasteiger partial charge in [-0.15, -0.1) is 0 Å². The number of nitrogens with one attached hydrogen (secondary N) is 1. The minimum Gasteiger partial charge on any atom is -0.394 e. The van der Waals surface area contributed by atoms with Crippen molar-refractivity contribution in [1.29, 1.82) is 0 Å². The maximum Gasteiger partial charge on any atom is 0.171 e. The van der Waals surface area contributed by atoms with Gasteiger partial charge in [0.2, 0.25) is 0 Å². The van der Waals surface area contributed by atoms with Crippen molar-refractivity contribution < 1.29 is 4.74 Å². The summed E-state index contributed by atoms with van der Waals surface area (Å²) in [5, 5.41) is 7.31. The summed E-state index contributed by atoms with van der Waals surface area (Å²) in [5.74, 6) is 0.715. The average molecular weight is 184 g/mol. The molecule has 0 aromatic carbocycles. The van der Waals surface area contributed by atoms with Crippen LogP contribution in [0.3, 0.4) is 0 Å². The SMILES string of the molecule is COCC(C)Nc1nn(C)cc1N. The molecule has 74 valence electrons. The van der Waals surface area contributed by atoms with E-state index < -0.39 is 0 Å². The molecular formula is C8H16N4O. The summed E-state index contributed by atoms with van der Waals surface area (Å²) in [6.45, 7) is 2.65. The van der Waals surface area contributed by atoms with Crippen molar-refractivity contribution in [3.63, 3.8) is 0 Å². The Bertz CT molecular complexity index is 271. The Morgan fingerprint density at radius 1 is 1.77 bits per heavy atom. The van der Waals surface area contributed by atoms with Gasteiger partial charge in [0, 0.05) is 26.4 Å². The van der Waals surface area contributed by atoms with Crippen LogP contribution >= 0.6 is 0 Å². The highest BCUT2D eigenvalue weighted by atomic mass is 16.5. The summed E-state index contributed by atoms with van der Waals surface area (Å²) >= 11 is 0. The number of hydrogen-bond acceptors (Lipinski definition) is 4. The van der Waals surface area contributed by atoms with Crippen LogP contribution in [0.4, 0.5) is 11.5 Å². The molecule has 5 heteroatoms. The van der Waals surface area contributed by atoms with Crippen LogP contribution < -0.4 is 11.1 Å². The summed E-state index contributed by atoms with van der Waals surface area (Å²) in [6.07, 6.45) is 1.77. The minimum absolute atomic E-state index is 0.210. The largest absolute Gasteiger partial charge is 0.394 e. The number of nitrogens with two attached hydrogens (primary N) is 1. The molecule has 0 aliphatic heterocycles. The number of methoxy groups -OCH3 is 1. The van der Waals surface area contributed by atoms with Crippen molar-refractivity contribution in [2.24, 2.45) is 7.05 Å². The van der Waals surface area contributed by atoms with Crippen LogP contribution in [0.2, 0.25) is 0 Å². The van der Waals surface area contributed by atoms with Crippen LogP contribution in [-0.4, -0.2) is 29.5 Å². The fourth-order valence-corrected chi connectivity index (χ4v) is 1.14. The van der Waals surface area contributed by atoms with Gasteiger partial charge in [-0.25, -0.2) is 0 Å². The molecule has 0 spiro atoms. The smallest absolute Gasteiger partial charge is 0.171 e. The number of aryl methyl sites for hydroxylation is 1. The Labute approximate surface area is 77.9 Å². The number of nitrogens with zero attached hydrogens (tertiary/aromatic N) is 2. The van der Waals surface area contributed by atoms with Crippen molar-refractivity contribution in [1.82, 2.24) is 9.78 Å². The fraction of sp³-hybridized carbons (Fsp3) is 0.625. The predicted octanol–water partition coefficient (Wildman–Crippen LogP) is 0.449. The van der Waals surface area contributed by atoms with E-state index >= 15 is 0 Å². The number of nitrogen functional groups attached to an aromatic ring is 1. The first kappa shape index (κ1) is 9.85. The lowest BCUT2D eigenvalue weighted by Crippen LogP contribution is -2.21. The minimum atomic E-state index is 0.210. The Morgan fingerprint density at radius 2 is 2.46 bits per heavy atom. The van der Waals surface area contributed by atoms with Gasteiger partial charge in [-0.2, -0.15) is 5.10 Å². The highest BCUT2D eigenvalue weighted by Crippen LogP contribution is 2.14. The maximum absolute atomic E-state index is 5.70. The summed E-state index contributed by atoms with van der Waals surface area (Å²) < 4.78 is 6.66. The second-order valence-electron chi connectivity index (χ2n) is 3.11. The lowest BCUT2D eigenvalue weighted by molar-refractivity contribution is 0.190. The Kier molecular flexibility index (Phi) is 3.13. The predicted molar refractivity (Wildman–Crippen MR) is 52.6 cm³/mol. The molecule has 1 atom stereocenters. The van der Waals surface area contributed by atoms with Crippen LogP contribution in [0.5, 0.6) is 0 Å². The number of ether oxygens (including phenoxy) is 1. The molecule has 1 aromatic heterocycles. The van der Waals surface area contributed by atoms with E-state index in [0.29, 0.717) is 18.1 Å². The van der Waals surface area contributed by atoms with E-state index in [9.17, 15) is 0 Å². The number of anilines is 2. The van der Waals surface area contributed by atoms with E-state index in [4.69, 9.17) is 10.5 Å². The monoisotopic (exact) mass is 184 g/mol. The van der Waals surface area contributed by atoms with Gasteiger partial charge in [-0.1, -0.05) is 0 Å². The van der Waals surface area contributed by atoms with Gasteiger partial charge in [-0.05, 0) is 6.92 Å².